The lowest BCUT2D eigenvalue weighted by Gasteiger charge is -2.48. The van der Waals surface area contributed by atoms with Gasteiger partial charge in [0.1, 0.15) is 0 Å². The predicted octanol–water partition coefficient (Wildman–Crippen LogP) is 1.34. The molecular formula is C20H31N3O3. The molecule has 3 heterocycles. The lowest BCUT2D eigenvalue weighted by molar-refractivity contribution is -0.139. The third-order valence-corrected chi connectivity index (χ3v) is 5.64. The minimum Gasteiger partial charge on any atom is -0.394 e. The molecule has 3 rings (SSSR count). The number of amides is 1. The molecule has 1 atom stereocenters. The van der Waals surface area contributed by atoms with Crippen LogP contribution in [0.3, 0.4) is 0 Å². The van der Waals surface area contributed by atoms with Crippen molar-refractivity contribution in [3.05, 3.63) is 30.1 Å². The fourth-order valence-corrected chi connectivity index (χ4v) is 4.30. The molecule has 6 heteroatoms. The number of hydrogen-bond donors (Lipinski definition) is 1. The first-order valence-corrected chi connectivity index (χ1v) is 9.79. The molecule has 1 spiro atoms. The molecular weight excluding hydrogens is 330 g/mol. The van der Waals surface area contributed by atoms with E-state index >= 15 is 0 Å². The molecule has 0 unspecified atom stereocenters. The van der Waals surface area contributed by atoms with Crippen molar-refractivity contribution in [3.63, 3.8) is 0 Å². The highest BCUT2D eigenvalue weighted by Crippen LogP contribution is 2.38. The average molecular weight is 361 g/mol. The van der Waals surface area contributed by atoms with Crippen LogP contribution in [0, 0.1) is 5.41 Å². The summed E-state index contributed by atoms with van der Waals surface area (Å²) in [6.45, 7) is 5.84. The van der Waals surface area contributed by atoms with Crippen molar-refractivity contribution in [1.82, 2.24) is 14.8 Å². The van der Waals surface area contributed by atoms with E-state index in [2.05, 4.69) is 14.8 Å². The zero-order valence-electron chi connectivity index (χ0n) is 15.6. The number of hydrogen-bond acceptors (Lipinski definition) is 5. The Balaban J connectivity index is 1.53. The van der Waals surface area contributed by atoms with Gasteiger partial charge >= 0.3 is 0 Å². The van der Waals surface area contributed by atoms with E-state index in [9.17, 15) is 4.79 Å². The summed E-state index contributed by atoms with van der Waals surface area (Å²) in [6.07, 6.45) is 6.68. The van der Waals surface area contributed by atoms with E-state index in [1.807, 2.05) is 24.4 Å². The first kappa shape index (κ1) is 19.3. The number of aromatic nitrogens is 1. The Labute approximate surface area is 156 Å². The first-order chi connectivity index (χ1) is 12.7. The molecule has 1 aromatic rings. The number of nitrogens with zero attached hydrogens (tertiary/aromatic N) is 3. The molecule has 26 heavy (non-hydrogen) atoms. The van der Waals surface area contributed by atoms with Crippen LogP contribution >= 0.6 is 0 Å². The van der Waals surface area contributed by atoms with E-state index in [0.717, 1.165) is 51.3 Å². The van der Waals surface area contributed by atoms with E-state index in [0.29, 0.717) is 19.6 Å². The van der Waals surface area contributed by atoms with Crippen LogP contribution < -0.4 is 0 Å². The number of carbonyl (C=O) groups excluding carboxylic acids is 1. The Hall–Kier alpha value is -1.50. The van der Waals surface area contributed by atoms with E-state index < -0.39 is 0 Å². The molecule has 144 valence electrons. The van der Waals surface area contributed by atoms with Crippen molar-refractivity contribution < 1.29 is 14.6 Å². The summed E-state index contributed by atoms with van der Waals surface area (Å²) < 4.78 is 5.42. The highest BCUT2D eigenvalue weighted by Gasteiger charge is 2.41. The van der Waals surface area contributed by atoms with E-state index in [1.54, 1.807) is 0 Å². The Morgan fingerprint density at radius 2 is 2.12 bits per heavy atom. The van der Waals surface area contributed by atoms with Gasteiger partial charge < -0.3 is 19.6 Å². The number of likely N-dealkylation sites (tertiary alicyclic amines) is 2. The van der Waals surface area contributed by atoms with Gasteiger partial charge in [0.25, 0.3) is 0 Å². The predicted molar refractivity (Wildman–Crippen MR) is 99.8 cm³/mol. The van der Waals surface area contributed by atoms with Crippen LogP contribution in [-0.4, -0.2) is 78.3 Å². The first-order valence-electron chi connectivity index (χ1n) is 9.79. The molecule has 0 aromatic carbocycles. The van der Waals surface area contributed by atoms with Crippen LogP contribution in [0.15, 0.2) is 24.4 Å². The van der Waals surface area contributed by atoms with Crippen molar-refractivity contribution >= 4 is 5.91 Å². The summed E-state index contributed by atoms with van der Waals surface area (Å²) in [6, 6.07) is 5.95. The quantitative estimate of drug-likeness (QED) is 0.708. The largest absolute Gasteiger partial charge is 0.394 e. The number of piperidine rings is 2. The summed E-state index contributed by atoms with van der Waals surface area (Å²) in [4.78, 5) is 21.3. The van der Waals surface area contributed by atoms with Crippen LogP contribution in [0.5, 0.6) is 0 Å². The fraction of sp³-hybridized carbons (Fsp3) is 0.700. The lowest BCUT2D eigenvalue weighted by Crippen LogP contribution is -2.54. The number of aliphatic hydroxyl groups is 1. The minimum absolute atomic E-state index is 0.0806. The van der Waals surface area contributed by atoms with Crippen molar-refractivity contribution in [2.45, 2.75) is 32.1 Å². The number of ether oxygens (including phenoxy) is 1. The highest BCUT2D eigenvalue weighted by atomic mass is 16.5. The second-order valence-corrected chi connectivity index (χ2v) is 7.60. The molecule has 2 aliphatic rings. The molecule has 1 aromatic heterocycles. The zero-order valence-corrected chi connectivity index (χ0v) is 15.6. The van der Waals surface area contributed by atoms with Crippen molar-refractivity contribution in [2.75, 3.05) is 52.5 Å². The summed E-state index contributed by atoms with van der Waals surface area (Å²) in [5.41, 5.74) is 1.28. The Morgan fingerprint density at radius 1 is 1.19 bits per heavy atom. The van der Waals surface area contributed by atoms with Crippen molar-refractivity contribution in [1.29, 1.82) is 0 Å². The van der Waals surface area contributed by atoms with Crippen LogP contribution in [-0.2, 0) is 16.0 Å². The summed E-state index contributed by atoms with van der Waals surface area (Å²) in [5.74, 6) is 0.287. The van der Waals surface area contributed by atoms with Gasteiger partial charge in [-0.1, -0.05) is 6.07 Å². The van der Waals surface area contributed by atoms with Gasteiger partial charge in [-0.15, -0.1) is 0 Å². The highest BCUT2D eigenvalue weighted by molar-refractivity contribution is 5.77. The van der Waals surface area contributed by atoms with Crippen molar-refractivity contribution in [2.24, 2.45) is 5.41 Å². The molecule has 0 aliphatic carbocycles. The summed E-state index contributed by atoms with van der Waals surface area (Å²) in [7, 11) is 0. The molecule has 2 fully saturated rings. The molecule has 1 amide bonds. The van der Waals surface area contributed by atoms with Gasteiger partial charge in [-0.2, -0.15) is 0 Å². The average Bonchev–Trinajstić information content (AvgIpc) is 2.67. The maximum Gasteiger partial charge on any atom is 0.222 e. The van der Waals surface area contributed by atoms with Gasteiger partial charge in [0.05, 0.1) is 19.8 Å². The lowest BCUT2D eigenvalue weighted by atomic mass is 9.73. The Bertz CT molecular complexity index is 569. The maximum atomic E-state index is 12.4. The van der Waals surface area contributed by atoms with Gasteiger partial charge in [0, 0.05) is 56.3 Å². The van der Waals surface area contributed by atoms with Crippen molar-refractivity contribution in [3.8, 4) is 0 Å². The second kappa shape index (κ2) is 9.44. The molecule has 0 saturated carbocycles. The third-order valence-electron chi connectivity index (χ3n) is 5.64. The van der Waals surface area contributed by atoms with E-state index in [4.69, 9.17) is 9.84 Å². The van der Waals surface area contributed by atoms with Gasteiger partial charge in [-0.25, -0.2) is 0 Å². The monoisotopic (exact) mass is 361 g/mol. The van der Waals surface area contributed by atoms with Crippen LogP contribution in [0.25, 0.3) is 0 Å². The molecule has 2 aliphatic heterocycles. The number of rotatable bonds is 8. The SMILES string of the molecule is O=C1CC[C@]2(CCCN(CCOCCO)C2)CN1CCc1ccccn1. The Kier molecular flexibility index (Phi) is 7.00. The van der Waals surface area contributed by atoms with E-state index in [1.165, 1.54) is 12.8 Å². The molecule has 0 radical (unpaired) electrons. The molecule has 2 saturated heterocycles. The number of pyridine rings is 1. The third kappa shape index (κ3) is 5.25. The van der Waals surface area contributed by atoms with Crippen LogP contribution in [0.1, 0.15) is 31.4 Å². The molecule has 1 N–H and O–H groups in total. The Morgan fingerprint density at radius 3 is 2.92 bits per heavy atom. The summed E-state index contributed by atoms with van der Waals surface area (Å²) in [5, 5.41) is 8.81. The van der Waals surface area contributed by atoms with Gasteiger partial charge in [-0.3, -0.25) is 9.78 Å². The van der Waals surface area contributed by atoms with Crippen LogP contribution in [0.4, 0.5) is 0 Å². The maximum absolute atomic E-state index is 12.4. The number of carbonyl (C=O) groups is 1. The summed E-state index contributed by atoms with van der Waals surface area (Å²) >= 11 is 0. The topological polar surface area (TPSA) is 65.9 Å². The normalized spacial score (nSPS) is 24.3. The van der Waals surface area contributed by atoms with Gasteiger partial charge in [0.15, 0.2) is 0 Å². The van der Waals surface area contributed by atoms with Gasteiger partial charge in [0.2, 0.25) is 5.91 Å². The molecule has 0 bridgehead atoms. The molecule has 6 nitrogen and oxygen atoms in total. The second-order valence-electron chi connectivity index (χ2n) is 7.60. The minimum atomic E-state index is 0.0806. The number of aliphatic hydroxyl groups excluding tert-OH is 1. The zero-order chi connectivity index (χ0) is 18.2. The fourth-order valence-electron chi connectivity index (χ4n) is 4.30. The van der Waals surface area contributed by atoms with E-state index in [-0.39, 0.29) is 17.9 Å². The standard InChI is InChI=1S/C20H31N3O3/c24-13-15-26-14-12-22-10-3-7-20(16-22)8-5-19(25)23(17-20)11-6-18-4-1-2-9-21-18/h1-2,4,9,24H,3,5-8,10-17H2/t20-/m0/s1. The van der Waals surface area contributed by atoms with Gasteiger partial charge in [-0.05, 0) is 37.9 Å². The smallest absolute Gasteiger partial charge is 0.222 e. The van der Waals surface area contributed by atoms with Crippen LogP contribution in [0.2, 0.25) is 0 Å².